The Kier molecular flexibility index (Phi) is 7.19. The molecule has 4 heterocycles. The molecule has 0 spiro atoms. The molecule has 7 rings (SSSR count). The number of pyridine rings is 1. The lowest BCUT2D eigenvalue weighted by Crippen LogP contribution is -2.51. The number of hydrogen-bond donors (Lipinski definition) is 3. The Morgan fingerprint density at radius 3 is 2.72 bits per heavy atom. The summed E-state index contributed by atoms with van der Waals surface area (Å²) in [6.45, 7) is -0.102. The van der Waals surface area contributed by atoms with Crippen molar-refractivity contribution in [1.82, 2.24) is 20.1 Å². The van der Waals surface area contributed by atoms with Crippen molar-refractivity contribution in [3.8, 4) is 22.8 Å². The number of methoxy groups -OCH3 is 1. The lowest BCUT2D eigenvalue weighted by Gasteiger charge is -2.31. The van der Waals surface area contributed by atoms with Crippen LogP contribution in [0.4, 0.5) is 13.2 Å². The SMILES string of the molecule is COc1cc(C(=O)NCC(O)(c2cc3c(c(-c4csc5c(Cl)cccc45)n2)OC[C@]3(C)C(N)=O)C(F)(F)F)cc2cn(C3CC3)nc12. The zero-order valence-electron chi connectivity index (χ0n) is 24.9. The number of carbonyl (C=O) groups excluding carboxylic acids is 2. The van der Waals surface area contributed by atoms with Crippen LogP contribution in [0.2, 0.25) is 5.02 Å². The van der Waals surface area contributed by atoms with Crippen molar-refractivity contribution in [2.75, 3.05) is 20.3 Å². The van der Waals surface area contributed by atoms with Gasteiger partial charge in [0.2, 0.25) is 11.5 Å². The number of ether oxygens (including phenoxy) is 2. The van der Waals surface area contributed by atoms with Gasteiger partial charge in [0.25, 0.3) is 5.91 Å². The molecule has 0 bridgehead atoms. The lowest BCUT2D eigenvalue weighted by atomic mass is 9.81. The molecule has 244 valence electrons. The van der Waals surface area contributed by atoms with Gasteiger partial charge < -0.3 is 25.6 Å². The zero-order valence-corrected chi connectivity index (χ0v) is 26.5. The number of nitrogens with zero attached hydrogens (tertiary/aromatic N) is 3. The highest BCUT2D eigenvalue weighted by atomic mass is 35.5. The van der Waals surface area contributed by atoms with E-state index >= 15 is 0 Å². The van der Waals surface area contributed by atoms with E-state index in [0.717, 1.165) is 18.9 Å². The highest BCUT2D eigenvalue weighted by Gasteiger charge is 2.58. The zero-order chi connectivity index (χ0) is 33.5. The third-order valence-corrected chi connectivity index (χ3v) is 10.3. The number of halogens is 4. The largest absolute Gasteiger partial charge is 0.494 e. The monoisotopic (exact) mass is 685 g/mol. The van der Waals surface area contributed by atoms with Crippen molar-refractivity contribution in [2.45, 2.75) is 43.0 Å². The fraction of sp³-hybridized carbons (Fsp3) is 0.312. The maximum absolute atomic E-state index is 14.9. The van der Waals surface area contributed by atoms with Crippen molar-refractivity contribution < 1.29 is 37.3 Å². The number of benzene rings is 2. The molecule has 0 saturated heterocycles. The number of alkyl halides is 3. The summed E-state index contributed by atoms with van der Waals surface area (Å²) in [4.78, 5) is 30.3. The van der Waals surface area contributed by atoms with Gasteiger partial charge in [-0.1, -0.05) is 23.7 Å². The Labute approximate surface area is 274 Å². The Morgan fingerprint density at radius 1 is 1.28 bits per heavy atom. The van der Waals surface area contributed by atoms with Crippen LogP contribution in [0.15, 0.2) is 48.0 Å². The van der Waals surface area contributed by atoms with Crippen LogP contribution in [-0.2, 0) is 15.8 Å². The maximum atomic E-state index is 14.9. The minimum atomic E-state index is -5.32. The van der Waals surface area contributed by atoms with Crippen LogP contribution in [0, 0.1) is 0 Å². The molecule has 2 amide bonds. The molecule has 5 aromatic rings. The molecule has 3 aromatic heterocycles. The quantitative estimate of drug-likeness (QED) is 0.192. The van der Waals surface area contributed by atoms with E-state index in [1.54, 1.807) is 34.5 Å². The molecule has 15 heteroatoms. The summed E-state index contributed by atoms with van der Waals surface area (Å²) in [6, 6.07) is 9.19. The fourth-order valence-electron chi connectivity index (χ4n) is 5.77. The fourth-order valence-corrected chi connectivity index (χ4v) is 7.04. The molecule has 2 aliphatic rings. The topological polar surface area (TPSA) is 142 Å². The molecule has 1 saturated carbocycles. The number of hydrogen-bond acceptors (Lipinski definition) is 8. The Hall–Kier alpha value is -4.40. The summed E-state index contributed by atoms with van der Waals surface area (Å²) in [6.07, 6.45) is -1.62. The van der Waals surface area contributed by atoms with Gasteiger partial charge in [0.15, 0.2) is 0 Å². The molecule has 1 aliphatic carbocycles. The van der Waals surface area contributed by atoms with Gasteiger partial charge in [-0.05, 0) is 44.0 Å². The minimum absolute atomic E-state index is 0.00754. The van der Waals surface area contributed by atoms with Crippen LogP contribution < -0.4 is 20.5 Å². The van der Waals surface area contributed by atoms with Gasteiger partial charge in [0.1, 0.15) is 34.7 Å². The van der Waals surface area contributed by atoms with E-state index in [2.05, 4.69) is 15.4 Å². The summed E-state index contributed by atoms with van der Waals surface area (Å²) in [5, 5.41) is 21.5. The maximum Gasteiger partial charge on any atom is 0.424 e. The number of fused-ring (bicyclic) bond motifs is 3. The highest BCUT2D eigenvalue weighted by molar-refractivity contribution is 7.18. The van der Waals surface area contributed by atoms with Gasteiger partial charge in [-0.15, -0.1) is 11.3 Å². The van der Waals surface area contributed by atoms with E-state index in [-0.39, 0.29) is 41.0 Å². The lowest BCUT2D eigenvalue weighted by molar-refractivity contribution is -0.265. The van der Waals surface area contributed by atoms with E-state index in [0.29, 0.717) is 31.6 Å². The van der Waals surface area contributed by atoms with Gasteiger partial charge in [-0.2, -0.15) is 18.3 Å². The van der Waals surface area contributed by atoms with E-state index in [1.165, 1.54) is 37.5 Å². The predicted octanol–water partition coefficient (Wildman–Crippen LogP) is 5.63. The Bertz CT molecular complexity index is 2110. The number of aromatic nitrogens is 3. The second-order valence-corrected chi connectivity index (χ2v) is 13.3. The van der Waals surface area contributed by atoms with Gasteiger partial charge in [-0.3, -0.25) is 14.3 Å². The molecular formula is C32H27ClF3N5O5S. The second-order valence-electron chi connectivity index (χ2n) is 12.0. The van der Waals surface area contributed by atoms with Gasteiger partial charge >= 0.3 is 6.18 Å². The molecule has 47 heavy (non-hydrogen) atoms. The first-order chi connectivity index (χ1) is 22.2. The Balaban J connectivity index is 1.31. The molecule has 2 atom stereocenters. The van der Waals surface area contributed by atoms with Crippen LogP contribution >= 0.6 is 22.9 Å². The van der Waals surface area contributed by atoms with Crippen molar-refractivity contribution in [2.24, 2.45) is 5.73 Å². The number of nitrogens with two attached hydrogens (primary N) is 1. The average Bonchev–Trinajstić information content (AvgIpc) is 3.48. The highest BCUT2D eigenvalue weighted by Crippen LogP contribution is 2.50. The molecule has 1 aliphatic heterocycles. The molecule has 1 unspecified atom stereocenters. The summed E-state index contributed by atoms with van der Waals surface area (Å²) in [7, 11) is 1.40. The van der Waals surface area contributed by atoms with Gasteiger partial charge in [-0.25, -0.2) is 4.98 Å². The number of carbonyl (C=O) groups is 2. The number of primary amides is 1. The smallest absolute Gasteiger partial charge is 0.424 e. The van der Waals surface area contributed by atoms with Crippen molar-refractivity contribution in [3.63, 3.8) is 0 Å². The molecule has 4 N–H and O–H groups in total. The number of aliphatic hydroxyl groups is 1. The predicted molar refractivity (Wildman–Crippen MR) is 169 cm³/mol. The number of rotatable bonds is 8. The number of nitrogens with one attached hydrogen (secondary N) is 1. The molecule has 2 aromatic carbocycles. The van der Waals surface area contributed by atoms with Crippen molar-refractivity contribution >= 4 is 55.7 Å². The first kappa shape index (κ1) is 31.2. The first-order valence-corrected chi connectivity index (χ1v) is 15.8. The van der Waals surface area contributed by atoms with Gasteiger partial charge in [0.05, 0.1) is 35.1 Å². The number of thiophene rings is 1. The molecular weight excluding hydrogens is 659 g/mol. The third kappa shape index (κ3) is 4.97. The van der Waals surface area contributed by atoms with Crippen LogP contribution in [0.25, 0.3) is 32.2 Å². The number of amides is 2. The third-order valence-electron chi connectivity index (χ3n) is 8.82. The van der Waals surface area contributed by atoms with Gasteiger partial charge in [0, 0.05) is 39.0 Å². The van der Waals surface area contributed by atoms with Crippen molar-refractivity contribution in [1.29, 1.82) is 0 Å². The van der Waals surface area contributed by atoms with Crippen molar-refractivity contribution in [3.05, 3.63) is 69.8 Å². The molecule has 10 nitrogen and oxygen atoms in total. The van der Waals surface area contributed by atoms with E-state index in [1.807, 2.05) is 0 Å². The normalized spacial score (nSPS) is 19.0. The minimum Gasteiger partial charge on any atom is -0.494 e. The first-order valence-electron chi connectivity index (χ1n) is 14.5. The van der Waals surface area contributed by atoms with E-state index in [9.17, 15) is 27.9 Å². The van der Waals surface area contributed by atoms with Crippen LogP contribution in [0.1, 0.15) is 47.4 Å². The standard InChI is InChI=1S/C32H27ClF3N5O5S/c1-30(29(37)43)14-46-26-20(30)10-23(39-25(26)19-12-47-27-18(19)4-3-5-21(27)33)31(44,32(34,35)36)13-38-28(42)15-8-16-11-41(17-6-7-17)40-24(16)22(9-15)45-2/h3-5,8-12,17,44H,6-7,13-14H2,1-2H3,(H2,37,43)(H,38,42)/t30-,31?/m0/s1. The summed E-state index contributed by atoms with van der Waals surface area (Å²) in [5.41, 5.74) is 0.540. The molecule has 1 fully saturated rings. The summed E-state index contributed by atoms with van der Waals surface area (Å²) >= 11 is 7.62. The second kappa shape index (κ2) is 10.8. The average molecular weight is 686 g/mol. The van der Waals surface area contributed by atoms with Crippen LogP contribution in [0.5, 0.6) is 11.5 Å². The Morgan fingerprint density at radius 2 is 2.04 bits per heavy atom. The van der Waals surface area contributed by atoms with Crippen LogP contribution in [0.3, 0.4) is 0 Å². The van der Waals surface area contributed by atoms with E-state index in [4.69, 9.17) is 26.8 Å². The van der Waals surface area contributed by atoms with Crippen LogP contribution in [-0.4, -0.2) is 58.1 Å². The summed E-state index contributed by atoms with van der Waals surface area (Å²) in [5.74, 6) is -1.39. The summed E-state index contributed by atoms with van der Waals surface area (Å²) < 4.78 is 58.5. The molecule has 0 radical (unpaired) electrons. The van der Waals surface area contributed by atoms with E-state index < -0.39 is 41.2 Å².